The summed E-state index contributed by atoms with van der Waals surface area (Å²) in [5, 5.41) is 26.1. The third-order valence-corrected chi connectivity index (χ3v) is 11.7. The molecule has 8 aromatic rings. The number of nitrogens with one attached hydrogen (secondary N) is 1. The topological polar surface area (TPSA) is 185 Å². The second-order valence-corrected chi connectivity index (χ2v) is 17.0. The van der Waals surface area contributed by atoms with Gasteiger partial charge in [-0.25, -0.2) is 23.8 Å². The van der Waals surface area contributed by atoms with E-state index in [1.54, 1.807) is 43.1 Å². The number of aryl methyl sites for hydroxylation is 1. The summed E-state index contributed by atoms with van der Waals surface area (Å²) in [5.74, 6) is 1.23. The number of aromatic amines is 1. The van der Waals surface area contributed by atoms with E-state index in [1.807, 2.05) is 85.5 Å². The zero-order chi connectivity index (χ0) is 46.9. The normalized spacial score (nSPS) is 12.9. The molecule has 0 saturated heterocycles. The number of carboxylic acid groups (broad SMARTS) is 1. The molecule has 0 unspecified atom stereocenters. The molecule has 5 heterocycles. The maximum absolute atomic E-state index is 13.7. The molecule has 0 atom stereocenters. The lowest BCUT2D eigenvalue weighted by Crippen LogP contribution is -2.41. The van der Waals surface area contributed by atoms with Crippen molar-refractivity contribution in [2.75, 3.05) is 6.61 Å². The Morgan fingerprint density at radius 1 is 0.970 bits per heavy atom. The number of carboxylic acids is 1. The van der Waals surface area contributed by atoms with Gasteiger partial charge < -0.3 is 20.1 Å². The number of hydrogen-bond donors (Lipinski definition) is 3. The average molecular weight is 907 g/mol. The molecule has 1 aliphatic rings. The van der Waals surface area contributed by atoms with E-state index >= 15 is 0 Å². The van der Waals surface area contributed by atoms with Crippen LogP contribution in [-0.4, -0.2) is 67.9 Å². The lowest BCUT2D eigenvalue weighted by atomic mass is 9.87. The highest BCUT2D eigenvalue weighted by atomic mass is 35.5. The Kier molecular flexibility index (Phi) is 12.6. The van der Waals surface area contributed by atoms with Gasteiger partial charge in [-0.1, -0.05) is 61.0 Å². The summed E-state index contributed by atoms with van der Waals surface area (Å²) in [4.78, 5) is 32.2. The highest BCUT2D eigenvalue weighted by Crippen LogP contribution is 2.39. The lowest BCUT2D eigenvalue weighted by molar-refractivity contribution is -0.131. The number of primary amides is 1. The first-order valence-corrected chi connectivity index (χ1v) is 21.8. The van der Waals surface area contributed by atoms with Gasteiger partial charge in [-0.15, -0.1) is 0 Å². The number of hydrogen-bond acceptors (Lipinski definition) is 8. The summed E-state index contributed by atoms with van der Waals surface area (Å²) in [6.07, 6.45) is 10.7. The molecule has 0 fully saturated rings. The van der Waals surface area contributed by atoms with Crippen LogP contribution >= 0.6 is 11.6 Å². The SMILES string of the molecule is CC/C(=C(/c1ccc(/C=C/C(=O)O)cc1)c1ccc2[nH]ncc2c1)c1ccc(F)cc1Cl.Cc1nc(-c2cn3c(n2)-c2ccc(-c4cnn(C(C)(C)C(N)=O)c4)cc2OCC3)n(C(C)C)n1. The second-order valence-electron chi connectivity index (χ2n) is 16.6. The Labute approximate surface area is 385 Å². The van der Waals surface area contributed by atoms with Crippen LogP contribution in [0.1, 0.15) is 75.2 Å². The molecule has 0 aliphatic carbocycles. The summed E-state index contributed by atoms with van der Waals surface area (Å²) in [6, 6.07) is 24.3. The third kappa shape index (κ3) is 9.15. The van der Waals surface area contributed by atoms with Crippen LogP contribution in [0.4, 0.5) is 4.39 Å². The fraction of sp³-hybridized carbons (Fsp3) is 0.220. The van der Waals surface area contributed by atoms with Crippen molar-refractivity contribution in [1.29, 1.82) is 0 Å². The summed E-state index contributed by atoms with van der Waals surface area (Å²) in [7, 11) is 0. The number of benzene rings is 4. The van der Waals surface area contributed by atoms with Crippen LogP contribution in [0.3, 0.4) is 0 Å². The summed E-state index contributed by atoms with van der Waals surface area (Å²) < 4.78 is 25.4. The Hall–Kier alpha value is -7.65. The van der Waals surface area contributed by atoms with Gasteiger partial charge in [-0.2, -0.15) is 15.3 Å². The number of rotatable bonds is 11. The molecule has 0 saturated carbocycles. The maximum atomic E-state index is 13.7. The van der Waals surface area contributed by atoms with E-state index < -0.39 is 17.4 Å². The van der Waals surface area contributed by atoms with Crippen LogP contribution in [-0.2, 0) is 21.7 Å². The van der Waals surface area contributed by atoms with E-state index in [-0.39, 0.29) is 11.9 Å². The van der Waals surface area contributed by atoms with Gasteiger partial charge in [0.05, 0.1) is 35.0 Å². The largest absolute Gasteiger partial charge is 0.491 e. The number of nitrogens with two attached hydrogens (primary N) is 1. The molecule has 14 nitrogen and oxygen atoms in total. The fourth-order valence-electron chi connectivity index (χ4n) is 7.80. The van der Waals surface area contributed by atoms with Crippen molar-refractivity contribution in [2.45, 2.75) is 66.1 Å². The average Bonchev–Trinajstić information content (AvgIpc) is 4.11. The molecule has 0 radical (unpaired) electrons. The van der Waals surface area contributed by atoms with Gasteiger partial charge in [-0.05, 0) is 122 Å². The van der Waals surface area contributed by atoms with E-state index in [9.17, 15) is 14.0 Å². The number of aliphatic carboxylic acids is 1. The van der Waals surface area contributed by atoms with Gasteiger partial charge in [0.1, 0.15) is 41.1 Å². The molecule has 9 rings (SSSR count). The van der Waals surface area contributed by atoms with E-state index in [4.69, 9.17) is 32.2 Å². The first-order chi connectivity index (χ1) is 31.6. The number of aromatic nitrogens is 9. The zero-order valence-corrected chi connectivity index (χ0v) is 38.0. The molecule has 1 aliphatic heterocycles. The lowest BCUT2D eigenvalue weighted by Gasteiger charge is -2.20. The van der Waals surface area contributed by atoms with E-state index in [0.29, 0.717) is 24.6 Å². The number of allylic oxidation sites excluding steroid dienone is 1. The molecule has 4 aromatic carbocycles. The molecule has 4 aromatic heterocycles. The number of carbonyl (C=O) groups is 2. The van der Waals surface area contributed by atoms with Gasteiger partial charge >= 0.3 is 5.97 Å². The van der Waals surface area contributed by atoms with E-state index in [0.717, 1.165) is 96.0 Å². The molecule has 336 valence electrons. The quantitative estimate of drug-likeness (QED) is 0.0839. The Morgan fingerprint density at radius 3 is 2.45 bits per heavy atom. The first-order valence-electron chi connectivity index (χ1n) is 21.4. The van der Waals surface area contributed by atoms with Crippen molar-refractivity contribution in [2.24, 2.45) is 5.73 Å². The Bertz CT molecular complexity index is 3170. The van der Waals surface area contributed by atoms with Crippen LogP contribution in [0.15, 0.2) is 110 Å². The fourth-order valence-corrected chi connectivity index (χ4v) is 8.08. The smallest absolute Gasteiger partial charge is 0.328 e. The predicted octanol–water partition coefficient (Wildman–Crippen LogP) is 10.00. The predicted molar refractivity (Wildman–Crippen MR) is 254 cm³/mol. The number of nitrogens with zero attached hydrogens (tertiary/aromatic N) is 8. The standard InChI is InChI=1S/C26H20ClFN2O2.C24H28N8O2/c1-2-21(22-10-9-20(28)14-23(22)27)26(18-8-11-24-19(13-18)15-29-30-24)17-6-3-16(4-7-17)5-12-25(31)32;1-14(2)32-22(27-15(3)29-32)19-13-30-8-9-34-20-10-16(6-7-18(20)21(30)28-19)17-11-26-31(12-17)24(4,5)23(25)33/h3-15H,2H2,1H3,(H,29,30)(H,31,32);6-7,10-14H,8-9H2,1-5H3,(H2,25,33)/b12-5+,26-21+;. The van der Waals surface area contributed by atoms with E-state index in [2.05, 4.69) is 49.9 Å². The number of H-pyrrole nitrogens is 1. The Balaban J connectivity index is 0.000000180. The molecular formula is C50H48ClFN10O4. The number of imidazole rings is 1. The van der Waals surface area contributed by atoms with Crippen molar-refractivity contribution >= 4 is 51.6 Å². The van der Waals surface area contributed by atoms with Gasteiger partial charge in [-0.3, -0.25) is 14.6 Å². The van der Waals surface area contributed by atoms with Crippen LogP contribution in [0, 0.1) is 12.7 Å². The molecule has 16 heteroatoms. The number of fused-ring (bicyclic) bond motifs is 4. The van der Waals surface area contributed by atoms with E-state index in [1.165, 1.54) is 12.1 Å². The zero-order valence-electron chi connectivity index (χ0n) is 37.3. The van der Waals surface area contributed by atoms with Crippen LogP contribution in [0.25, 0.3) is 62.2 Å². The number of ether oxygens (including phenoxy) is 1. The number of halogens is 2. The third-order valence-electron chi connectivity index (χ3n) is 11.4. The molecule has 4 N–H and O–H groups in total. The summed E-state index contributed by atoms with van der Waals surface area (Å²) >= 11 is 6.44. The summed E-state index contributed by atoms with van der Waals surface area (Å²) in [6.45, 7) is 12.8. The van der Waals surface area contributed by atoms with Crippen LogP contribution < -0.4 is 10.5 Å². The molecule has 1 amide bonds. The second kappa shape index (κ2) is 18.4. The minimum atomic E-state index is -0.998. The monoisotopic (exact) mass is 906 g/mol. The van der Waals surface area contributed by atoms with Crippen molar-refractivity contribution in [3.63, 3.8) is 0 Å². The molecule has 0 bridgehead atoms. The minimum Gasteiger partial charge on any atom is -0.491 e. The molecular weight excluding hydrogens is 859 g/mol. The molecule has 0 spiro atoms. The Morgan fingerprint density at radius 2 is 1.74 bits per heavy atom. The first kappa shape index (κ1) is 44.9. The minimum absolute atomic E-state index is 0.177. The van der Waals surface area contributed by atoms with Crippen molar-refractivity contribution in [3.05, 3.63) is 149 Å². The highest BCUT2D eigenvalue weighted by molar-refractivity contribution is 6.32. The van der Waals surface area contributed by atoms with Crippen LogP contribution in [0.5, 0.6) is 5.75 Å². The van der Waals surface area contributed by atoms with Crippen LogP contribution in [0.2, 0.25) is 5.02 Å². The van der Waals surface area contributed by atoms with Crippen molar-refractivity contribution in [3.8, 4) is 39.8 Å². The highest BCUT2D eigenvalue weighted by Gasteiger charge is 2.29. The summed E-state index contributed by atoms with van der Waals surface area (Å²) in [5.41, 5.74) is 14.5. The van der Waals surface area contributed by atoms with Gasteiger partial charge in [0.15, 0.2) is 5.82 Å². The van der Waals surface area contributed by atoms with Gasteiger partial charge in [0, 0.05) is 35.5 Å². The number of carbonyl (C=O) groups excluding carboxylic acids is 1. The van der Waals surface area contributed by atoms with Crippen molar-refractivity contribution in [1.82, 2.24) is 44.3 Å². The number of amides is 1. The van der Waals surface area contributed by atoms with Gasteiger partial charge in [0.2, 0.25) is 5.91 Å². The van der Waals surface area contributed by atoms with Crippen molar-refractivity contribution < 1.29 is 23.8 Å². The maximum Gasteiger partial charge on any atom is 0.328 e. The molecule has 66 heavy (non-hydrogen) atoms. The van der Waals surface area contributed by atoms with Gasteiger partial charge in [0.25, 0.3) is 0 Å².